The van der Waals surface area contributed by atoms with E-state index in [4.69, 9.17) is 0 Å². The Morgan fingerprint density at radius 2 is 1.00 bits per heavy atom. The molecular weight excluding hydrogens is 552 g/mol. The molecule has 12 heteroatoms. The number of alkyl halides is 3. The van der Waals surface area contributed by atoms with E-state index >= 15 is 22.0 Å². The molecule has 0 N–H and O–H groups in total. The third kappa shape index (κ3) is 3.88. The molecule has 0 aliphatic rings. The molecule has 0 bridgehead atoms. The minimum Gasteiger partial charge on any atom is -0.207 e. The van der Waals surface area contributed by atoms with Gasteiger partial charge in [-0.3, -0.25) is 0 Å². The summed E-state index contributed by atoms with van der Waals surface area (Å²) in [4.78, 5) is 0. The Labute approximate surface area is 209 Å². The molecule has 0 radical (unpaired) electrons. The Hall–Kier alpha value is -4.22. The van der Waals surface area contributed by atoms with Crippen molar-refractivity contribution in [2.45, 2.75) is 6.18 Å². The standard InChI is InChI=1S/C27H8F12/c28-9-4-5-10(15(32)8-9)17-16-11(2-1-3-12(16)29)18(20-14(31)7-6-13(30)19(17)20)21-23(33)25(35)22(27(37,38)39)26(36)24(21)34/h1-8H. The van der Waals surface area contributed by atoms with Gasteiger partial charge in [-0.15, -0.1) is 0 Å². The summed E-state index contributed by atoms with van der Waals surface area (Å²) in [7, 11) is 0. The first-order chi connectivity index (χ1) is 18.3. The molecule has 0 aromatic heterocycles. The lowest BCUT2D eigenvalue weighted by Crippen LogP contribution is -2.16. The monoisotopic (exact) mass is 560 g/mol. The predicted molar refractivity (Wildman–Crippen MR) is 117 cm³/mol. The Bertz CT molecular complexity index is 1810. The van der Waals surface area contributed by atoms with Gasteiger partial charge in [-0.2, -0.15) is 13.2 Å². The molecule has 200 valence electrons. The number of halogens is 12. The van der Waals surface area contributed by atoms with E-state index in [-0.39, 0.29) is 0 Å². The third-order valence-corrected chi connectivity index (χ3v) is 6.13. The average Bonchev–Trinajstić information content (AvgIpc) is 2.85. The van der Waals surface area contributed by atoms with Crippen molar-refractivity contribution < 1.29 is 52.7 Å². The van der Waals surface area contributed by atoms with Gasteiger partial charge in [0.15, 0.2) is 23.3 Å². The largest absolute Gasteiger partial charge is 0.422 e. The quantitative estimate of drug-likeness (QED) is 0.115. The van der Waals surface area contributed by atoms with Crippen LogP contribution in [0, 0.1) is 52.4 Å². The van der Waals surface area contributed by atoms with Crippen molar-refractivity contribution in [2.24, 2.45) is 0 Å². The van der Waals surface area contributed by atoms with Crippen LogP contribution in [0.5, 0.6) is 0 Å². The SMILES string of the molecule is Fc1ccc(-c2c3c(F)cccc3c(-c3c(F)c(F)c(C(F)(F)F)c(F)c3F)c3c(F)ccc(F)c23)c(F)c1. The van der Waals surface area contributed by atoms with E-state index in [1.807, 2.05) is 0 Å². The van der Waals surface area contributed by atoms with Gasteiger partial charge in [0.05, 0.1) is 5.56 Å². The fourth-order valence-corrected chi connectivity index (χ4v) is 4.61. The zero-order valence-corrected chi connectivity index (χ0v) is 18.7. The van der Waals surface area contributed by atoms with Crippen LogP contribution in [-0.4, -0.2) is 0 Å². The van der Waals surface area contributed by atoms with Crippen LogP contribution in [0.2, 0.25) is 0 Å². The second-order valence-electron chi connectivity index (χ2n) is 8.32. The van der Waals surface area contributed by atoms with Crippen molar-refractivity contribution in [3.8, 4) is 22.3 Å². The second-order valence-corrected chi connectivity index (χ2v) is 8.32. The Morgan fingerprint density at radius 1 is 0.462 bits per heavy atom. The maximum absolute atomic E-state index is 15.3. The number of fused-ring (bicyclic) bond motifs is 2. The zero-order chi connectivity index (χ0) is 28.5. The van der Waals surface area contributed by atoms with Crippen LogP contribution in [0.3, 0.4) is 0 Å². The molecule has 0 saturated carbocycles. The van der Waals surface area contributed by atoms with Crippen LogP contribution < -0.4 is 0 Å². The van der Waals surface area contributed by atoms with Crippen LogP contribution in [0.25, 0.3) is 43.8 Å². The highest BCUT2D eigenvalue weighted by Crippen LogP contribution is 2.49. The number of rotatable bonds is 2. The Morgan fingerprint density at radius 3 is 1.54 bits per heavy atom. The highest BCUT2D eigenvalue weighted by Gasteiger charge is 2.43. The summed E-state index contributed by atoms with van der Waals surface area (Å²) in [5, 5.41) is -3.84. The molecule has 0 atom stereocenters. The topological polar surface area (TPSA) is 0 Å². The molecule has 0 unspecified atom stereocenters. The molecule has 5 rings (SSSR count). The van der Waals surface area contributed by atoms with E-state index in [1.165, 1.54) is 0 Å². The van der Waals surface area contributed by atoms with Crippen LogP contribution in [0.1, 0.15) is 5.56 Å². The maximum atomic E-state index is 15.3. The molecule has 0 aliphatic heterocycles. The highest BCUT2D eigenvalue weighted by molar-refractivity contribution is 6.22. The Kier molecular flexibility index (Phi) is 6.04. The van der Waals surface area contributed by atoms with Crippen LogP contribution in [0.15, 0.2) is 48.5 Å². The summed E-state index contributed by atoms with van der Waals surface area (Å²) in [6, 6.07) is 5.12. The van der Waals surface area contributed by atoms with Crippen LogP contribution >= 0.6 is 0 Å². The summed E-state index contributed by atoms with van der Waals surface area (Å²) in [6.45, 7) is 0. The van der Waals surface area contributed by atoms with Gasteiger partial charge in [0.1, 0.15) is 34.6 Å². The Balaban J connectivity index is 2.12. The molecule has 0 nitrogen and oxygen atoms in total. The summed E-state index contributed by atoms with van der Waals surface area (Å²) in [5.74, 6) is -17.8. The normalized spacial score (nSPS) is 12.1. The van der Waals surface area contributed by atoms with Gasteiger partial charge in [-0.05, 0) is 35.7 Å². The first-order valence-corrected chi connectivity index (χ1v) is 10.7. The number of hydrogen-bond donors (Lipinski definition) is 0. The molecule has 0 amide bonds. The van der Waals surface area contributed by atoms with Gasteiger partial charge in [-0.1, -0.05) is 12.1 Å². The minimum absolute atomic E-state index is 0.332. The highest BCUT2D eigenvalue weighted by atomic mass is 19.4. The zero-order valence-electron chi connectivity index (χ0n) is 18.7. The van der Waals surface area contributed by atoms with Gasteiger partial charge >= 0.3 is 6.18 Å². The molecule has 0 fully saturated rings. The van der Waals surface area contributed by atoms with Gasteiger partial charge in [0.2, 0.25) is 0 Å². The van der Waals surface area contributed by atoms with Crippen molar-refractivity contribution >= 4 is 21.5 Å². The van der Waals surface area contributed by atoms with E-state index in [9.17, 15) is 30.7 Å². The lowest BCUT2D eigenvalue weighted by molar-refractivity contribution is -0.143. The van der Waals surface area contributed by atoms with Crippen molar-refractivity contribution in [1.29, 1.82) is 0 Å². The van der Waals surface area contributed by atoms with Crippen molar-refractivity contribution in [1.82, 2.24) is 0 Å². The lowest BCUT2D eigenvalue weighted by Gasteiger charge is -2.21. The van der Waals surface area contributed by atoms with Gasteiger partial charge in [0.25, 0.3) is 0 Å². The molecule has 39 heavy (non-hydrogen) atoms. The lowest BCUT2D eigenvalue weighted by atomic mass is 9.84. The minimum atomic E-state index is -5.90. The summed E-state index contributed by atoms with van der Waals surface area (Å²) < 4.78 is 173. The second kappa shape index (κ2) is 8.92. The maximum Gasteiger partial charge on any atom is 0.422 e. The van der Waals surface area contributed by atoms with Crippen molar-refractivity contribution in [3.05, 3.63) is 106 Å². The fraction of sp³-hybridized carbons (Fsp3) is 0.0370. The summed E-state index contributed by atoms with van der Waals surface area (Å²) >= 11 is 0. The van der Waals surface area contributed by atoms with Gasteiger partial charge < -0.3 is 0 Å². The van der Waals surface area contributed by atoms with E-state index in [1.54, 1.807) is 0 Å². The fourth-order valence-electron chi connectivity index (χ4n) is 4.61. The molecule has 0 spiro atoms. The van der Waals surface area contributed by atoms with E-state index in [0.717, 1.165) is 24.3 Å². The predicted octanol–water partition coefficient (Wildman–Crippen LogP) is 9.60. The van der Waals surface area contributed by atoms with Crippen LogP contribution in [-0.2, 0) is 6.18 Å². The molecular formula is C27H8F12. The molecule has 0 saturated heterocycles. The van der Waals surface area contributed by atoms with Crippen molar-refractivity contribution in [3.63, 3.8) is 0 Å². The van der Waals surface area contributed by atoms with Crippen LogP contribution in [0.4, 0.5) is 52.7 Å². The van der Waals surface area contributed by atoms with E-state index in [2.05, 4.69) is 0 Å². The summed E-state index contributed by atoms with van der Waals surface area (Å²) in [6.07, 6.45) is -5.90. The molecule has 0 heterocycles. The third-order valence-electron chi connectivity index (χ3n) is 6.13. The van der Waals surface area contributed by atoms with Crippen molar-refractivity contribution in [2.75, 3.05) is 0 Å². The van der Waals surface area contributed by atoms with E-state index in [0.29, 0.717) is 24.3 Å². The van der Waals surface area contributed by atoms with E-state index < -0.39 is 108 Å². The summed E-state index contributed by atoms with van der Waals surface area (Å²) in [5.41, 5.74) is -7.51. The molecule has 5 aromatic carbocycles. The first kappa shape index (κ1) is 26.4. The first-order valence-electron chi connectivity index (χ1n) is 10.7. The van der Waals surface area contributed by atoms with Gasteiger partial charge in [0, 0.05) is 38.9 Å². The average molecular weight is 560 g/mol. The smallest absolute Gasteiger partial charge is 0.207 e. The molecule has 5 aromatic rings. The number of hydrogen-bond acceptors (Lipinski definition) is 0. The molecule has 0 aliphatic carbocycles. The number of benzene rings is 5. The van der Waals surface area contributed by atoms with Gasteiger partial charge in [-0.25, -0.2) is 39.5 Å².